The van der Waals surface area contributed by atoms with Gasteiger partial charge in [-0.1, -0.05) is 20.8 Å². The van der Waals surface area contributed by atoms with Gasteiger partial charge in [0.25, 0.3) is 6.43 Å². The first kappa shape index (κ1) is 16.7. The lowest BCUT2D eigenvalue weighted by molar-refractivity contribution is 0.0506. The third-order valence-corrected chi connectivity index (χ3v) is 3.13. The van der Waals surface area contributed by atoms with Gasteiger partial charge in [-0.25, -0.2) is 8.78 Å². The van der Waals surface area contributed by atoms with Gasteiger partial charge in [0, 0.05) is 19.1 Å². The molecule has 0 rings (SSSR count). The van der Waals surface area contributed by atoms with E-state index in [1.807, 2.05) is 6.92 Å². The number of nitrogens with zero attached hydrogens (tertiary/aromatic N) is 1. The van der Waals surface area contributed by atoms with E-state index < -0.39 is 6.43 Å². The van der Waals surface area contributed by atoms with Crippen LogP contribution >= 0.6 is 0 Å². The molecule has 1 unspecified atom stereocenters. The summed E-state index contributed by atoms with van der Waals surface area (Å²) in [5.74, 6) is 0. The van der Waals surface area contributed by atoms with Gasteiger partial charge in [0.2, 0.25) is 0 Å². The molecule has 5 heteroatoms. The lowest BCUT2D eigenvalue weighted by atomic mass is 9.84. The molecule has 0 aliphatic carbocycles. The zero-order valence-electron chi connectivity index (χ0n) is 11.3. The molecule has 0 saturated carbocycles. The highest BCUT2D eigenvalue weighted by molar-refractivity contribution is 4.83. The van der Waals surface area contributed by atoms with E-state index in [0.717, 1.165) is 6.54 Å². The normalized spacial score (nSPS) is 14.6. The molecule has 0 bridgehead atoms. The van der Waals surface area contributed by atoms with E-state index in [0.29, 0.717) is 13.1 Å². The Kier molecular flexibility index (Phi) is 7.83. The maximum atomic E-state index is 12.4. The van der Waals surface area contributed by atoms with Crippen LogP contribution in [0.4, 0.5) is 8.78 Å². The van der Waals surface area contributed by atoms with Crippen molar-refractivity contribution >= 4 is 0 Å². The van der Waals surface area contributed by atoms with Crippen LogP contribution in [0.3, 0.4) is 0 Å². The van der Waals surface area contributed by atoms with Crippen LogP contribution in [0.2, 0.25) is 0 Å². The van der Waals surface area contributed by atoms with Crippen LogP contribution < -0.4 is 5.32 Å². The second-order valence-corrected chi connectivity index (χ2v) is 5.12. The zero-order chi connectivity index (χ0) is 13.5. The van der Waals surface area contributed by atoms with Gasteiger partial charge in [-0.2, -0.15) is 0 Å². The molecule has 0 aromatic rings. The zero-order valence-corrected chi connectivity index (χ0v) is 11.3. The van der Waals surface area contributed by atoms with Gasteiger partial charge in [-0.15, -0.1) is 0 Å². The molecule has 0 aliphatic rings. The average molecular weight is 252 g/mol. The van der Waals surface area contributed by atoms with Crippen molar-refractivity contribution in [2.45, 2.75) is 40.2 Å². The summed E-state index contributed by atoms with van der Waals surface area (Å²) in [7, 11) is 0. The van der Waals surface area contributed by atoms with Gasteiger partial charge in [-0.3, -0.25) is 4.90 Å². The monoisotopic (exact) mass is 252 g/mol. The van der Waals surface area contributed by atoms with E-state index in [9.17, 15) is 8.78 Å². The lowest BCUT2D eigenvalue weighted by Crippen LogP contribution is -2.48. The van der Waals surface area contributed by atoms with Crippen molar-refractivity contribution in [3.05, 3.63) is 0 Å². The number of halogens is 2. The molecular weight excluding hydrogens is 226 g/mol. The smallest absolute Gasteiger partial charge is 0.251 e. The molecule has 0 saturated heterocycles. The summed E-state index contributed by atoms with van der Waals surface area (Å²) in [6, 6.07) is 0.242. The van der Waals surface area contributed by atoms with E-state index in [2.05, 4.69) is 26.1 Å². The number of nitrogens with one attached hydrogen (secondary N) is 1. The topological polar surface area (TPSA) is 35.5 Å². The molecule has 0 fully saturated rings. The summed E-state index contributed by atoms with van der Waals surface area (Å²) < 4.78 is 24.8. The van der Waals surface area contributed by atoms with Crippen LogP contribution in [0.15, 0.2) is 0 Å². The fourth-order valence-electron chi connectivity index (χ4n) is 1.87. The Morgan fingerprint density at radius 3 is 2.35 bits per heavy atom. The molecule has 3 nitrogen and oxygen atoms in total. The van der Waals surface area contributed by atoms with Gasteiger partial charge in [-0.05, 0) is 18.9 Å². The highest BCUT2D eigenvalue weighted by Gasteiger charge is 2.28. The van der Waals surface area contributed by atoms with Crippen molar-refractivity contribution in [3.63, 3.8) is 0 Å². The number of aliphatic hydroxyl groups excluding tert-OH is 1. The van der Waals surface area contributed by atoms with Gasteiger partial charge >= 0.3 is 0 Å². The number of rotatable bonds is 9. The molecular formula is C12H26F2N2O. The average Bonchev–Trinajstić information content (AvgIpc) is 2.16. The van der Waals surface area contributed by atoms with Crippen molar-refractivity contribution in [2.24, 2.45) is 5.41 Å². The Bertz CT molecular complexity index is 201. The first-order chi connectivity index (χ1) is 7.83. The van der Waals surface area contributed by atoms with E-state index in [4.69, 9.17) is 5.11 Å². The van der Waals surface area contributed by atoms with Crippen LogP contribution in [0.25, 0.3) is 0 Å². The molecule has 0 radical (unpaired) electrons. The first-order valence-electron chi connectivity index (χ1n) is 6.18. The number of aliphatic hydroxyl groups is 1. The van der Waals surface area contributed by atoms with Gasteiger partial charge in [0.15, 0.2) is 0 Å². The summed E-state index contributed by atoms with van der Waals surface area (Å²) in [5, 5.41) is 12.2. The Morgan fingerprint density at radius 2 is 1.94 bits per heavy atom. The second kappa shape index (κ2) is 7.95. The molecule has 17 heavy (non-hydrogen) atoms. The van der Waals surface area contributed by atoms with E-state index >= 15 is 0 Å². The van der Waals surface area contributed by atoms with E-state index in [-0.39, 0.29) is 24.6 Å². The molecule has 1 atom stereocenters. The van der Waals surface area contributed by atoms with Crippen LogP contribution in [-0.4, -0.2) is 55.3 Å². The summed E-state index contributed by atoms with van der Waals surface area (Å²) in [5.41, 5.74) is -0.111. The number of alkyl halides is 2. The van der Waals surface area contributed by atoms with Gasteiger partial charge < -0.3 is 10.4 Å². The predicted molar refractivity (Wildman–Crippen MR) is 66.4 cm³/mol. The third kappa shape index (κ3) is 6.91. The van der Waals surface area contributed by atoms with Crippen LogP contribution in [-0.2, 0) is 0 Å². The molecule has 2 N–H and O–H groups in total. The van der Waals surface area contributed by atoms with Crippen LogP contribution in [0.5, 0.6) is 0 Å². The Hall–Kier alpha value is -0.260. The first-order valence-corrected chi connectivity index (χ1v) is 6.18. The fourth-order valence-corrected chi connectivity index (χ4v) is 1.87. The van der Waals surface area contributed by atoms with Gasteiger partial charge in [0.1, 0.15) is 0 Å². The largest absolute Gasteiger partial charge is 0.395 e. The standard InChI is InChI=1S/C12H26F2N2O/c1-5-15-10(2)12(3,4)9-16(6-7-17)8-11(13)14/h10-11,15,17H,5-9H2,1-4H3. The lowest BCUT2D eigenvalue weighted by Gasteiger charge is -2.37. The van der Waals surface area contributed by atoms with Crippen LogP contribution in [0.1, 0.15) is 27.7 Å². The van der Waals surface area contributed by atoms with E-state index in [1.54, 1.807) is 4.90 Å². The second-order valence-electron chi connectivity index (χ2n) is 5.12. The van der Waals surface area contributed by atoms with Crippen molar-refractivity contribution in [2.75, 3.05) is 32.8 Å². The minimum Gasteiger partial charge on any atom is -0.395 e. The highest BCUT2D eigenvalue weighted by atomic mass is 19.3. The summed E-state index contributed by atoms with van der Waals surface area (Å²) in [6.07, 6.45) is -2.35. The molecule has 0 aromatic carbocycles. The molecule has 0 heterocycles. The van der Waals surface area contributed by atoms with Crippen molar-refractivity contribution in [1.82, 2.24) is 10.2 Å². The molecule has 0 amide bonds. The summed E-state index contributed by atoms with van der Waals surface area (Å²) in [4.78, 5) is 1.62. The van der Waals surface area contributed by atoms with Crippen molar-refractivity contribution in [3.8, 4) is 0 Å². The predicted octanol–water partition coefficient (Wildman–Crippen LogP) is 1.57. The minimum atomic E-state index is -2.35. The molecule has 0 aliphatic heterocycles. The molecule has 0 aromatic heterocycles. The summed E-state index contributed by atoms with van der Waals surface area (Å²) >= 11 is 0. The van der Waals surface area contributed by atoms with Crippen molar-refractivity contribution in [1.29, 1.82) is 0 Å². The summed E-state index contributed by atoms with van der Waals surface area (Å²) in [6.45, 7) is 9.53. The van der Waals surface area contributed by atoms with Crippen LogP contribution in [0, 0.1) is 5.41 Å². The number of hydrogen-bond acceptors (Lipinski definition) is 3. The Morgan fingerprint density at radius 1 is 1.35 bits per heavy atom. The van der Waals surface area contributed by atoms with E-state index in [1.165, 1.54) is 0 Å². The third-order valence-electron chi connectivity index (χ3n) is 3.13. The maximum absolute atomic E-state index is 12.4. The Balaban J connectivity index is 4.39. The SMILES string of the molecule is CCNC(C)C(C)(C)CN(CCO)CC(F)F. The Labute approximate surface area is 103 Å². The quantitative estimate of drug-likeness (QED) is 0.654. The highest BCUT2D eigenvalue weighted by Crippen LogP contribution is 2.22. The number of hydrogen-bond donors (Lipinski definition) is 2. The molecule has 0 spiro atoms. The molecule has 104 valence electrons. The fraction of sp³-hybridized carbons (Fsp3) is 1.00. The van der Waals surface area contributed by atoms with Gasteiger partial charge in [0.05, 0.1) is 13.2 Å². The maximum Gasteiger partial charge on any atom is 0.251 e. The minimum absolute atomic E-state index is 0.0849. The van der Waals surface area contributed by atoms with Crippen molar-refractivity contribution < 1.29 is 13.9 Å².